The minimum absolute atomic E-state index is 0.202. The van der Waals surface area contributed by atoms with Gasteiger partial charge in [0.2, 0.25) is 5.95 Å². The quantitative estimate of drug-likeness (QED) is 0.667. The van der Waals surface area contributed by atoms with E-state index in [-0.39, 0.29) is 11.3 Å². The molecular weight excluding hydrogens is 343 g/mol. The number of halogens is 2. The Labute approximate surface area is 129 Å². The van der Waals surface area contributed by atoms with Gasteiger partial charge in [-0.1, -0.05) is 0 Å². The van der Waals surface area contributed by atoms with Gasteiger partial charge in [0.1, 0.15) is 0 Å². The third kappa shape index (κ3) is 3.02. The van der Waals surface area contributed by atoms with Gasteiger partial charge in [-0.05, 0) is 29.8 Å². The third-order valence-corrected chi connectivity index (χ3v) is 3.90. The molecule has 1 N–H and O–H groups in total. The molecule has 0 bridgehead atoms. The number of nitrogens with one attached hydrogen (secondary N) is 1. The molecule has 0 aromatic carbocycles. The highest BCUT2D eigenvalue weighted by Gasteiger charge is 2.17. The molecule has 21 heavy (non-hydrogen) atoms. The fourth-order valence-corrected chi connectivity index (χ4v) is 2.15. The lowest BCUT2D eigenvalue weighted by atomic mass is 10.3. The first kappa shape index (κ1) is 15.4. The molecule has 2 aromatic rings. The lowest BCUT2D eigenvalue weighted by Gasteiger charge is -1.96. The molecule has 0 aliphatic rings. The molecule has 112 valence electrons. The molecule has 2 heterocycles. The van der Waals surface area contributed by atoms with Gasteiger partial charge in [-0.3, -0.25) is 9.48 Å². The first-order chi connectivity index (χ1) is 9.95. The van der Waals surface area contributed by atoms with Gasteiger partial charge in [0.25, 0.3) is 5.91 Å². The summed E-state index contributed by atoms with van der Waals surface area (Å²) in [4.78, 5) is 11.9. The molecule has 9 heteroatoms. The second kappa shape index (κ2) is 6.17. The summed E-state index contributed by atoms with van der Waals surface area (Å²) >= 11 is 3.29. The van der Waals surface area contributed by atoms with E-state index in [4.69, 9.17) is 0 Å². The second-order valence-electron chi connectivity index (χ2n) is 4.28. The molecule has 0 radical (unpaired) electrons. The number of hydrogen-bond acceptors (Lipinski definition) is 4. The van der Waals surface area contributed by atoms with E-state index >= 15 is 0 Å². The second-order valence-corrected chi connectivity index (χ2v) is 5.07. The molecule has 2 rings (SSSR count). The van der Waals surface area contributed by atoms with Crippen LogP contribution >= 0.6 is 15.9 Å². The summed E-state index contributed by atoms with van der Waals surface area (Å²) in [7, 11) is 1.73. The van der Waals surface area contributed by atoms with E-state index in [2.05, 4.69) is 36.7 Å². The van der Waals surface area contributed by atoms with Crippen molar-refractivity contribution in [1.29, 1.82) is 0 Å². The van der Waals surface area contributed by atoms with Gasteiger partial charge in [-0.25, -0.2) is 10.1 Å². The van der Waals surface area contributed by atoms with Crippen LogP contribution in [0.15, 0.2) is 15.8 Å². The molecule has 0 aliphatic heterocycles. The Morgan fingerprint density at radius 1 is 1.62 bits per heavy atom. The van der Waals surface area contributed by atoms with Gasteiger partial charge in [0, 0.05) is 13.6 Å². The highest BCUT2D eigenvalue weighted by atomic mass is 79.9. The van der Waals surface area contributed by atoms with Gasteiger partial charge in [0.15, 0.2) is 5.69 Å². The van der Waals surface area contributed by atoms with Gasteiger partial charge in [0.05, 0.1) is 28.1 Å². The first-order valence-corrected chi connectivity index (χ1v) is 6.98. The molecule has 0 saturated heterocycles. The van der Waals surface area contributed by atoms with Crippen LogP contribution in [-0.4, -0.2) is 31.7 Å². The largest absolute Gasteiger partial charge is 0.293 e. The predicted molar refractivity (Wildman–Crippen MR) is 78.6 cm³/mol. The van der Waals surface area contributed by atoms with Crippen molar-refractivity contribution in [1.82, 2.24) is 25.0 Å². The highest BCUT2D eigenvalue weighted by molar-refractivity contribution is 9.10. The lowest BCUT2D eigenvalue weighted by Crippen LogP contribution is -2.19. The SMILES string of the molecule is CCn1ncc(/C=N/NC(=O)c2nn(C)c(C)c2Br)c1F. The molecule has 0 spiro atoms. The molecular formula is C12H14BrFN6O. The van der Waals surface area contributed by atoms with Gasteiger partial charge in [-0.2, -0.15) is 19.7 Å². The van der Waals surface area contributed by atoms with Crippen LogP contribution in [-0.2, 0) is 13.6 Å². The van der Waals surface area contributed by atoms with Gasteiger partial charge >= 0.3 is 0 Å². The number of nitrogens with zero attached hydrogens (tertiary/aromatic N) is 5. The molecule has 1 amide bonds. The number of carbonyl (C=O) groups excluding carboxylic acids is 1. The van der Waals surface area contributed by atoms with Crippen LogP contribution in [0.5, 0.6) is 0 Å². The molecule has 0 saturated carbocycles. The zero-order valence-corrected chi connectivity index (χ0v) is 13.3. The zero-order valence-electron chi connectivity index (χ0n) is 11.8. The van der Waals surface area contributed by atoms with Crippen LogP contribution < -0.4 is 5.43 Å². The number of hydrazone groups is 1. The molecule has 2 aromatic heterocycles. The summed E-state index contributed by atoms with van der Waals surface area (Å²) in [6.45, 7) is 4.03. The topological polar surface area (TPSA) is 77.1 Å². The molecule has 0 aliphatic carbocycles. The van der Waals surface area contributed by atoms with Crippen LogP contribution in [0.4, 0.5) is 4.39 Å². The van der Waals surface area contributed by atoms with Crippen molar-refractivity contribution in [2.24, 2.45) is 12.1 Å². The highest BCUT2D eigenvalue weighted by Crippen LogP contribution is 2.19. The number of hydrogen-bond donors (Lipinski definition) is 1. The zero-order chi connectivity index (χ0) is 15.6. The van der Waals surface area contributed by atoms with E-state index in [9.17, 15) is 9.18 Å². The predicted octanol–water partition coefficient (Wildman–Crippen LogP) is 1.61. The van der Waals surface area contributed by atoms with E-state index < -0.39 is 11.9 Å². The van der Waals surface area contributed by atoms with E-state index in [1.165, 1.54) is 17.1 Å². The van der Waals surface area contributed by atoms with Crippen LogP contribution in [0, 0.1) is 12.9 Å². The normalized spacial score (nSPS) is 11.3. The fourth-order valence-electron chi connectivity index (χ4n) is 1.63. The summed E-state index contributed by atoms with van der Waals surface area (Å²) in [5.74, 6) is -0.976. The molecule has 0 atom stereocenters. The smallest absolute Gasteiger partial charge is 0.271 e. The van der Waals surface area contributed by atoms with E-state index in [0.29, 0.717) is 11.0 Å². The Hall–Kier alpha value is -2.03. The average molecular weight is 357 g/mol. The van der Waals surface area contributed by atoms with Crippen molar-refractivity contribution in [3.05, 3.63) is 33.6 Å². The van der Waals surface area contributed by atoms with Gasteiger partial charge < -0.3 is 0 Å². The number of carbonyl (C=O) groups is 1. The van der Waals surface area contributed by atoms with Crippen molar-refractivity contribution >= 4 is 28.1 Å². The van der Waals surface area contributed by atoms with Crippen molar-refractivity contribution in [3.63, 3.8) is 0 Å². The Morgan fingerprint density at radius 3 is 2.86 bits per heavy atom. The number of aromatic nitrogens is 4. The van der Waals surface area contributed by atoms with Crippen LogP contribution in [0.2, 0.25) is 0 Å². The van der Waals surface area contributed by atoms with Crippen molar-refractivity contribution in [2.75, 3.05) is 0 Å². The lowest BCUT2D eigenvalue weighted by molar-refractivity contribution is 0.0948. The minimum Gasteiger partial charge on any atom is -0.271 e. The molecule has 7 nitrogen and oxygen atoms in total. The van der Waals surface area contributed by atoms with Crippen molar-refractivity contribution in [2.45, 2.75) is 20.4 Å². The van der Waals surface area contributed by atoms with Crippen molar-refractivity contribution in [3.8, 4) is 0 Å². The summed E-state index contributed by atoms with van der Waals surface area (Å²) in [5, 5.41) is 11.6. The minimum atomic E-state index is -0.495. The Balaban J connectivity index is 2.08. The maximum absolute atomic E-state index is 13.7. The van der Waals surface area contributed by atoms with E-state index in [1.54, 1.807) is 18.7 Å². The summed E-state index contributed by atoms with van der Waals surface area (Å²) < 4.78 is 17.0. The van der Waals surface area contributed by atoms with Crippen molar-refractivity contribution < 1.29 is 9.18 Å². The molecule has 0 unspecified atom stereocenters. The number of rotatable bonds is 4. The number of aryl methyl sites for hydroxylation is 2. The van der Waals surface area contributed by atoms with Gasteiger partial charge in [-0.15, -0.1) is 0 Å². The van der Waals surface area contributed by atoms with Crippen LogP contribution in [0.3, 0.4) is 0 Å². The van der Waals surface area contributed by atoms with E-state index in [1.807, 2.05) is 6.92 Å². The maximum atomic E-state index is 13.7. The summed E-state index contributed by atoms with van der Waals surface area (Å²) in [6.07, 6.45) is 2.55. The average Bonchev–Trinajstić information content (AvgIpc) is 2.94. The monoisotopic (exact) mass is 356 g/mol. The number of amides is 1. The summed E-state index contributed by atoms with van der Waals surface area (Å²) in [6, 6.07) is 0. The fraction of sp³-hybridized carbons (Fsp3) is 0.333. The third-order valence-electron chi connectivity index (χ3n) is 2.95. The maximum Gasteiger partial charge on any atom is 0.293 e. The Kier molecular flexibility index (Phi) is 4.51. The Bertz CT molecular complexity index is 705. The molecule has 0 fully saturated rings. The Morgan fingerprint density at radius 2 is 2.33 bits per heavy atom. The standard InChI is InChI=1S/C12H14BrFN6O/c1-4-20-11(14)8(6-16-20)5-15-17-12(21)10-9(13)7(2)19(3)18-10/h5-6H,4H2,1-3H3,(H,17,21)/b15-5+. The van der Waals surface area contributed by atoms with Crippen LogP contribution in [0.1, 0.15) is 28.7 Å². The first-order valence-electron chi connectivity index (χ1n) is 6.19. The summed E-state index contributed by atoms with van der Waals surface area (Å²) in [5.41, 5.74) is 3.54. The van der Waals surface area contributed by atoms with E-state index in [0.717, 1.165) is 5.69 Å². The van der Waals surface area contributed by atoms with Crippen LogP contribution in [0.25, 0.3) is 0 Å².